The fourth-order valence-corrected chi connectivity index (χ4v) is 7.60. The molecular formula is C34H50N4O6S. The second-order valence-electron chi connectivity index (χ2n) is 13.8. The molecule has 0 aliphatic carbocycles. The Hall–Kier alpha value is -2.99. The third kappa shape index (κ3) is 9.51. The van der Waals surface area contributed by atoms with Crippen molar-refractivity contribution in [2.45, 2.75) is 83.4 Å². The van der Waals surface area contributed by atoms with E-state index in [1.165, 1.54) is 4.31 Å². The van der Waals surface area contributed by atoms with Crippen LogP contribution in [0, 0.1) is 11.3 Å². The Morgan fingerprint density at radius 1 is 1.02 bits per heavy atom. The molecule has 2 aliphatic heterocycles. The van der Waals surface area contributed by atoms with Crippen LogP contribution < -0.4 is 15.4 Å². The van der Waals surface area contributed by atoms with Gasteiger partial charge < -0.3 is 20.5 Å². The van der Waals surface area contributed by atoms with E-state index in [2.05, 4.69) is 15.5 Å². The normalized spacial score (nSPS) is 17.5. The summed E-state index contributed by atoms with van der Waals surface area (Å²) in [5.74, 6) is 0.0363. The van der Waals surface area contributed by atoms with Crippen LogP contribution in [0.3, 0.4) is 0 Å². The van der Waals surface area contributed by atoms with E-state index < -0.39 is 39.5 Å². The summed E-state index contributed by atoms with van der Waals surface area (Å²) in [5.41, 5.74) is 1.11. The number of hydrogen-bond donors (Lipinski definition) is 3. The molecule has 2 aliphatic rings. The molecule has 0 spiro atoms. The highest BCUT2D eigenvalue weighted by Crippen LogP contribution is 2.29. The predicted molar refractivity (Wildman–Crippen MR) is 174 cm³/mol. The maximum Gasteiger partial charge on any atom is 0.243 e. The largest absolute Gasteiger partial charge is 0.493 e. The molecule has 248 valence electrons. The topological polar surface area (TPSA) is 128 Å². The minimum Gasteiger partial charge on any atom is -0.493 e. The lowest BCUT2D eigenvalue weighted by atomic mass is 9.85. The Morgan fingerprint density at radius 2 is 1.71 bits per heavy atom. The van der Waals surface area contributed by atoms with Gasteiger partial charge >= 0.3 is 0 Å². The number of hydrogen-bond acceptors (Lipinski definition) is 7. The zero-order valence-corrected chi connectivity index (χ0v) is 28.1. The number of likely N-dealkylation sites (tertiary alicyclic amines) is 1. The van der Waals surface area contributed by atoms with E-state index in [1.54, 1.807) is 18.2 Å². The number of aliphatic hydroxyl groups is 1. The summed E-state index contributed by atoms with van der Waals surface area (Å²) < 4.78 is 34.8. The number of nitrogens with zero attached hydrogens (tertiary/aromatic N) is 2. The van der Waals surface area contributed by atoms with Gasteiger partial charge in [-0.05, 0) is 73.0 Å². The Labute approximate surface area is 268 Å². The SMILES string of the molecule is CC(C)CN(CC(O)C(Cc1ccccc1)NC(=O)C(NC(=O)CN1CCCC1)C(C)(C)C)S(=O)(=O)c1ccc2c(c1)CCO2. The number of nitrogens with one attached hydrogen (secondary N) is 2. The van der Waals surface area contributed by atoms with Gasteiger partial charge in [0.2, 0.25) is 21.8 Å². The molecule has 0 radical (unpaired) electrons. The van der Waals surface area contributed by atoms with Gasteiger partial charge in [-0.2, -0.15) is 4.31 Å². The number of rotatable bonds is 14. The Morgan fingerprint density at radius 3 is 2.36 bits per heavy atom. The van der Waals surface area contributed by atoms with E-state index in [1.807, 2.05) is 65.0 Å². The van der Waals surface area contributed by atoms with Crippen molar-refractivity contribution in [2.75, 3.05) is 39.3 Å². The summed E-state index contributed by atoms with van der Waals surface area (Å²) in [4.78, 5) is 29.1. The molecule has 10 nitrogen and oxygen atoms in total. The van der Waals surface area contributed by atoms with Gasteiger partial charge in [-0.25, -0.2) is 8.42 Å². The first-order valence-electron chi connectivity index (χ1n) is 16.0. The first-order valence-corrected chi connectivity index (χ1v) is 17.5. The average Bonchev–Trinajstić information content (AvgIpc) is 3.66. The monoisotopic (exact) mass is 642 g/mol. The lowest BCUT2D eigenvalue weighted by Crippen LogP contribution is -2.59. The summed E-state index contributed by atoms with van der Waals surface area (Å²) in [5, 5.41) is 17.6. The van der Waals surface area contributed by atoms with E-state index in [0.29, 0.717) is 18.8 Å². The van der Waals surface area contributed by atoms with Gasteiger partial charge in [0.15, 0.2) is 0 Å². The number of benzene rings is 2. The Balaban J connectivity index is 1.56. The van der Waals surface area contributed by atoms with Crippen molar-refractivity contribution in [2.24, 2.45) is 11.3 Å². The highest BCUT2D eigenvalue weighted by molar-refractivity contribution is 7.89. The summed E-state index contributed by atoms with van der Waals surface area (Å²) in [6.07, 6.45) is 1.79. The second-order valence-corrected chi connectivity index (χ2v) is 15.7. The minimum atomic E-state index is -3.97. The zero-order valence-electron chi connectivity index (χ0n) is 27.3. The van der Waals surface area contributed by atoms with Gasteiger partial charge in [-0.15, -0.1) is 0 Å². The maximum absolute atomic E-state index is 13.9. The van der Waals surface area contributed by atoms with Crippen molar-refractivity contribution in [3.8, 4) is 5.75 Å². The van der Waals surface area contributed by atoms with Crippen LogP contribution in [0.25, 0.3) is 0 Å². The summed E-state index contributed by atoms with van der Waals surface area (Å²) in [7, 11) is -3.97. The van der Waals surface area contributed by atoms with Crippen molar-refractivity contribution < 1.29 is 27.9 Å². The number of amides is 2. The molecule has 2 heterocycles. The van der Waals surface area contributed by atoms with E-state index in [-0.39, 0.29) is 42.8 Å². The van der Waals surface area contributed by atoms with Crippen LogP contribution in [0.5, 0.6) is 5.75 Å². The molecule has 3 unspecified atom stereocenters. The summed E-state index contributed by atoms with van der Waals surface area (Å²) in [6.45, 7) is 11.9. The van der Waals surface area contributed by atoms with Crippen LogP contribution in [0.1, 0.15) is 58.6 Å². The third-order valence-corrected chi connectivity index (χ3v) is 10.2. The van der Waals surface area contributed by atoms with Gasteiger partial charge in [0, 0.05) is 19.5 Å². The van der Waals surface area contributed by atoms with Crippen LogP contribution in [-0.2, 0) is 32.5 Å². The molecule has 11 heteroatoms. The number of carbonyl (C=O) groups excluding carboxylic acids is 2. The molecule has 2 aromatic carbocycles. The van der Waals surface area contributed by atoms with Crippen LogP contribution in [0.4, 0.5) is 0 Å². The van der Waals surface area contributed by atoms with Gasteiger partial charge in [-0.3, -0.25) is 14.5 Å². The van der Waals surface area contributed by atoms with Crippen LogP contribution >= 0.6 is 0 Å². The lowest BCUT2D eigenvalue weighted by molar-refractivity contribution is -0.133. The fourth-order valence-electron chi connectivity index (χ4n) is 5.93. The molecule has 3 atom stereocenters. The molecule has 2 amide bonds. The molecule has 0 saturated carbocycles. The number of aliphatic hydroxyl groups excluding tert-OH is 1. The Kier molecular flexibility index (Phi) is 11.7. The number of sulfonamides is 1. The molecule has 0 aromatic heterocycles. The molecule has 2 aromatic rings. The predicted octanol–water partition coefficient (Wildman–Crippen LogP) is 2.98. The van der Waals surface area contributed by atoms with Crippen molar-refractivity contribution in [1.29, 1.82) is 0 Å². The Bertz CT molecular complexity index is 1400. The van der Waals surface area contributed by atoms with Crippen molar-refractivity contribution in [3.63, 3.8) is 0 Å². The minimum absolute atomic E-state index is 0.0111. The first kappa shape index (κ1) is 34.9. The second kappa shape index (κ2) is 15.1. The fraction of sp³-hybridized carbons (Fsp3) is 0.588. The van der Waals surface area contributed by atoms with Crippen LogP contribution in [-0.4, -0.2) is 92.1 Å². The quantitative estimate of drug-likeness (QED) is 0.289. The van der Waals surface area contributed by atoms with Gasteiger partial charge in [0.25, 0.3) is 0 Å². The molecule has 1 fully saturated rings. The van der Waals surface area contributed by atoms with Crippen molar-refractivity contribution in [1.82, 2.24) is 19.8 Å². The highest BCUT2D eigenvalue weighted by atomic mass is 32.2. The lowest BCUT2D eigenvalue weighted by Gasteiger charge is -2.35. The van der Waals surface area contributed by atoms with Gasteiger partial charge in [0.05, 0.1) is 30.2 Å². The van der Waals surface area contributed by atoms with Crippen molar-refractivity contribution in [3.05, 3.63) is 59.7 Å². The number of fused-ring (bicyclic) bond motifs is 1. The third-order valence-electron chi connectivity index (χ3n) is 8.35. The standard InChI is InChI=1S/C34H50N4O6S/c1-24(2)21-38(45(42,43)27-13-14-30-26(20-27)15-18-44-30)22-29(39)28(19-25-11-7-6-8-12-25)35-33(41)32(34(3,4)5)36-31(40)23-37-16-9-10-17-37/h6-8,11-14,20,24,28-29,32,39H,9-10,15-19,21-23H2,1-5H3,(H,35,41)(H,36,40). The number of ether oxygens (including phenoxy) is 1. The summed E-state index contributed by atoms with van der Waals surface area (Å²) >= 11 is 0. The van der Waals surface area contributed by atoms with Crippen LogP contribution in [0.2, 0.25) is 0 Å². The van der Waals surface area contributed by atoms with E-state index in [9.17, 15) is 23.1 Å². The van der Waals surface area contributed by atoms with Gasteiger partial charge in [0.1, 0.15) is 11.8 Å². The molecule has 0 bridgehead atoms. The zero-order chi connectivity index (χ0) is 32.8. The number of carbonyl (C=O) groups is 2. The van der Waals surface area contributed by atoms with E-state index in [0.717, 1.165) is 37.1 Å². The summed E-state index contributed by atoms with van der Waals surface area (Å²) in [6, 6.07) is 12.6. The smallest absolute Gasteiger partial charge is 0.243 e. The van der Waals surface area contributed by atoms with Gasteiger partial charge in [-0.1, -0.05) is 65.0 Å². The molecule has 45 heavy (non-hydrogen) atoms. The van der Waals surface area contributed by atoms with E-state index >= 15 is 0 Å². The molecule has 3 N–H and O–H groups in total. The van der Waals surface area contributed by atoms with Crippen LogP contribution in [0.15, 0.2) is 53.4 Å². The average molecular weight is 643 g/mol. The molecular weight excluding hydrogens is 592 g/mol. The molecule has 4 rings (SSSR count). The van der Waals surface area contributed by atoms with E-state index in [4.69, 9.17) is 4.74 Å². The maximum atomic E-state index is 13.9. The molecule has 1 saturated heterocycles. The van der Waals surface area contributed by atoms with Crippen molar-refractivity contribution >= 4 is 21.8 Å². The highest BCUT2D eigenvalue weighted by Gasteiger charge is 2.37. The first-order chi connectivity index (χ1) is 21.2.